The van der Waals surface area contributed by atoms with Gasteiger partial charge in [0, 0.05) is 10.6 Å². The fourth-order valence-corrected chi connectivity index (χ4v) is 4.98. The van der Waals surface area contributed by atoms with E-state index in [0.29, 0.717) is 33.5 Å². The average Bonchev–Trinajstić information content (AvgIpc) is 2.93. The second-order valence-corrected chi connectivity index (χ2v) is 9.48. The van der Waals surface area contributed by atoms with E-state index in [0.717, 1.165) is 10.5 Å². The maximum atomic E-state index is 13.4. The van der Waals surface area contributed by atoms with Crippen LogP contribution in [0.4, 0.5) is 11.4 Å². The summed E-state index contributed by atoms with van der Waals surface area (Å²) in [7, 11) is 3.00. The predicted octanol–water partition coefficient (Wildman–Crippen LogP) is 7.08. The van der Waals surface area contributed by atoms with Gasteiger partial charge in [0.25, 0.3) is 5.91 Å². The van der Waals surface area contributed by atoms with Gasteiger partial charge in [-0.2, -0.15) is 0 Å². The smallest absolute Gasteiger partial charge is 0.263 e. The van der Waals surface area contributed by atoms with Crippen LogP contribution in [0.25, 0.3) is 0 Å². The average molecular weight is 533 g/mol. The van der Waals surface area contributed by atoms with Gasteiger partial charge in [-0.15, -0.1) is 11.8 Å². The van der Waals surface area contributed by atoms with E-state index in [1.54, 1.807) is 36.4 Å². The van der Waals surface area contributed by atoms with Crippen LogP contribution >= 0.6 is 23.4 Å². The summed E-state index contributed by atoms with van der Waals surface area (Å²) < 4.78 is 10.7. The number of anilines is 2. The summed E-state index contributed by atoms with van der Waals surface area (Å²) in [5.41, 5.74) is 2.25. The van der Waals surface area contributed by atoms with Crippen LogP contribution in [-0.4, -0.2) is 26.0 Å². The number of methoxy groups -OCH3 is 2. The summed E-state index contributed by atoms with van der Waals surface area (Å²) in [6, 6.07) is 29.1. The molecule has 8 heteroatoms. The van der Waals surface area contributed by atoms with Crippen LogP contribution in [0.2, 0.25) is 5.02 Å². The van der Waals surface area contributed by atoms with E-state index in [-0.39, 0.29) is 11.8 Å². The van der Waals surface area contributed by atoms with Crippen molar-refractivity contribution in [2.45, 2.75) is 10.1 Å². The Bertz CT molecular complexity index is 1380. The van der Waals surface area contributed by atoms with Gasteiger partial charge in [0.1, 0.15) is 22.3 Å². The van der Waals surface area contributed by atoms with Crippen molar-refractivity contribution in [2.75, 3.05) is 24.9 Å². The third-order valence-corrected chi connectivity index (χ3v) is 7.05. The molecular weight excluding hydrogens is 508 g/mol. The van der Waals surface area contributed by atoms with Crippen LogP contribution in [0.3, 0.4) is 0 Å². The van der Waals surface area contributed by atoms with Crippen molar-refractivity contribution < 1.29 is 19.1 Å². The fraction of sp³-hybridized carbons (Fsp3) is 0.103. The maximum absolute atomic E-state index is 13.4. The van der Waals surface area contributed by atoms with Crippen LogP contribution in [0.15, 0.2) is 102 Å². The third kappa shape index (κ3) is 6.44. The standard InChI is InChI=1S/C29H25ClN2O4S/c1-35-24-16-9-17-25(36-2)26(24)28(33)31-20-12-8-13-21(18-20)37-27(19-10-4-3-5-11-19)29(34)32-23-15-7-6-14-22(23)30/h3-18,27H,1-2H3,(H,31,33)(H,32,34). The van der Waals surface area contributed by atoms with E-state index in [1.807, 2.05) is 60.7 Å². The molecule has 0 bridgehead atoms. The molecular formula is C29H25ClN2O4S. The number of halogens is 1. The molecule has 4 rings (SSSR count). The maximum Gasteiger partial charge on any atom is 0.263 e. The van der Waals surface area contributed by atoms with Crippen LogP contribution in [0, 0.1) is 0 Å². The number of amides is 2. The number of benzene rings is 4. The van der Waals surface area contributed by atoms with Crippen LogP contribution in [0.1, 0.15) is 21.2 Å². The molecule has 188 valence electrons. The minimum atomic E-state index is -0.558. The highest BCUT2D eigenvalue weighted by atomic mass is 35.5. The molecule has 0 heterocycles. The number of hydrogen-bond donors (Lipinski definition) is 2. The first-order chi connectivity index (χ1) is 18.0. The summed E-state index contributed by atoms with van der Waals surface area (Å²) in [5, 5.41) is 5.75. The summed E-state index contributed by atoms with van der Waals surface area (Å²) >= 11 is 7.63. The lowest BCUT2D eigenvalue weighted by Gasteiger charge is -2.18. The van der Waals surface area contributed by atoms with Gasteiger partial charge in [0.05, 0.1) is 24.9 Å². The first-order valence-electron chi connectivity index (χ1n) is 11.4. The molecule has 6 nitrogen and oxygen atoms in total. The van der Waals surface area contributed by atoms with Crippen molar-refractivity contribution in [2.24, 2.45) is 0 Å². The van der Waals surface area contributed by atoms with E-state index in [1.165, 1.54) is 26.0 Å². The largest absolute Gasteiger partial charge is 0.496 e. The predicted molar refractivity (Wildman–Crippen MR) is 149 cm³/mol. The van der Waals surface area contributed by atoms with Gasteiger partial charge in [0.15, 0.2) is 0 Å². The molecule has 1 unspecified atom stereocenters. The number of ether oxygens (including phenoxy) is 2. The van der Waals surface area contributed by atoms with Crippen molar-refractivity contribution in [1.29, 1.82) is 0 Å². The molecule has 37 heavy (non-hydrogen) atoms. The summed E-state index contributed by atoms with van der Waals surface area (Å²) in [4.78, 5) is 27.3. The van der Waals surface area contributed by atoms with Gasteiger partial charge in [0.2, 0.25) is 5.91 Å². The molecule has 0 spiro atoms. The lowest BCUT2D eigenvalue weighted by molar-refractivity contribution is -0.115. The molecule has 0 aliphatic heterocycles. The molecule has 1 atom stereocenters. The van der Waals surface area contributed by atoms with Crippen LogP contribution in [0.5, 0.6) is 11.5 Å². The number of carbonyl (C=O) groups is 2. The number of para-hydroxylation sites is 1. The van der Waals surface area contributed by atoms with Crippen molar-refractivity contribution >= 4 is 46.6 Å². The molecule has 0 saturated carbocycles. The highest BCUT2D eigenvalue weighted by Gasteiger charge is 2.23. The molecule has 0 aliphatic rings. The Hall–Kier alpha value is -3.94. The number of nitrogens with one attached hydrogen (secondary N) is 2. The van der Waals surface area contributed by atoms with Crippen molar-refractivity contribution in [3.05, 3.63) is 113 Å². The zero-order chi connectivity index (χ0) is 26.2. The third-order valence-electron chi connectivity index (χ3n) is 5.47. The highest BCUT2D eigenvalue weighted by molar-refractivity contribution is 8.00. The van der Waals surface area contributed by atoms with Gasteiger partial charge < -0.3 is 20.1 Å². The molecule has 4 aromatic rings. The minimum Gasteiger partial charge on any atom is -0.496 e. The SMILES string of the molecule is COc1cccc(OC)c1C(=O)Nc1cccc(SC(C(=O)Nc2ccccc2Cl)c2ccccc2)c1. The summed E-state index contributed by atoms with van der Waals surface area (Å²) in [6.07, 6.45) is 0. The monoisotopic (exact) mass is 532 g/mol. The Morgan fingerprint density at radius 3 is 2.11 bits per heavy atom. The minimum absolute atomic E-state index is 0.211. The molecule has 0 fully saturated rings. The Labute approximate surface area is 225 Å². The number of hydrogen-bond acceptors (Lipinski definition) is 5. The first kappa shape index (κ1) is 26.1. The van der Waals surface area contributed by atoms with Crippen molar-refractivity contribution in [1.82, 2.24) is 0 Å². The number of carbonyl (C=O) groups excluding carboxylic acids is 2. The van der Waals surface area contributed by atoms with E-state index in [9.17, 15) is 9.59 Å². The van der Waals surface area contributed by atoms with Crippen molar-refractivity contribution in [3.8, 4) is 11.5 Å². The van der Waals surface area contributed by atoms with Crippen molar-refractivity contribution in [3.63, 3.8) is 0 Å². The molecule has 0 aromatic heterocycles. The van der Waals surface area contributed by atoms with E-state index in [2.05, 4.69) is 10.6 Å². The Balaban J connectivity index is 1.58. The summed E-state index contributed by atoms with van der Waals surface area (Å²) in [5.74, 6) is 0.232. The second-order valence-electron chi connectivity index (χ2n) is 7.90. The molecule has 2 N–H and O–H groups in total. The molecule has 4 aromatic carbocycles. The zero-order valence-electron chi connectivity index (χ0n) is 20.2. The highest BCUT2D eigenvalue weighted by Crippen LogP contribution is 2.38. The van der Waals surface area contributed by atoms with Gasteiger partial charge in [-0.3, -0.25) is 9.59 Å². The fourth-order valence-electron chi connectivity index (χ4n) is 3.71. The number of rotatable bonds is 9. The van der Waals surface area contributed by atoms with Gasteiger partial charge in [-0.25, -0.2) is 0 Å². The normalized spacial score (nSPS) is 11.3. The summed E-state index contributed by atoms with van der Waals surface area (Å²) in [6.45, 7) is 0. The second kappa shape index (κ2) is 12.3. The first-order valence-corrected chi connectivity index (χ1v) is 12.7. The molecule has 0 saturated heterocycles. The van der Waals surface area contributed by atoms with E-state index >= 15 is 0 Å². The molecule has 0 radical (unpaired) electrons. The van der Waals surface area contributed by atoms with Gasteiger partial charge >= 0.3 is 0 Å². The Morgan fingerprint density at radius 1 is 0.784 bits per heavy atom. The lowest BCUT2D eigenvalue weighted by atomic mass is 10.1. The van der Waals surface area contributed by atoms with Gasteiger partial charge in [-0.1, -0.05) is 66.2 Å². The van der Waals surface area contributed by atoms with Gasteiger partial charge in [-0.05, 0) is 48.0 Å². The Morgan fingerprint density at radius 2 is 1.43 bits per heavy atom. The van der Waals surface area contributed by atoms with Crippen LogP contribution in [-0.2, 0) is 4.79 Å². The topological polar surface area (TPSA) is 76.7 Å². The molecule has 2 amide bonds. The Kier molecular flexibility index (Phi) is 8.72. The number of thioether (sulfide) groups is 1. The van der Waals surface area contributed by atoms with Crippen LogP contribution < -0.4 is 20.1 Å². The quantitative estimate of drug-likeness (QED) is 0.225. The lowest BCUT2D eigenvalue weighted by Crippen LogP contribution is -2.19. The van der Waals surface area contributed by atoms with E-state index in [4.69, 9.17) is 21.1 Å². The molecule has 0 aliphatic carbocycles. The van der Waals surface area contributed by atoms with E-state index < -0.39 is 5.25 Å². The zero-order valence-corrected chi connectivity index (χ0v) is 21.8.